The van der Waals surface area contributed by atoms with Crippen molar-refractivity contribution in [1.82, 2.24) is 5.32 Å². The van der Waals surface area contributed by atoms with Crippen molar-refractivity contribution in [3.8, 4) is 0 Å². The standard InChI is InChI=1S/C13H18ClNO/c1-13(2,10-15-12(16)9-14)8-11-6-4-3-5-7-11/h3-7H,8-10H2,1-2H3,(H,15,16). The van der Waals surface area contributed by atoms with Crippen LogP contribution in [0.3, 0.4) is 0 Å². The van der Waals surface area contributed by atoms with Gasteiger partial charge in [0, 0.05) is 6.54 Å². The summed E-state index contributed by atoms with van der Waals surface area (Å²) in [4.78, 5) is 11.1. The van der Waals surface area contributed by atoms with Crippen molar-refractivity contribution in [2.75, 3.05) is 12.4 Å². The first-order valence-corrected chi connectivity index (χ1v) is 5.93. The average Bonchev–Trinajstić information content (AvgIpc) is 2.27. The first kappa shape index (κ1) is 13.0. The van der Waals surface area contributed by atoms with E-state index in [1.54, 1.807) is 0 Å². The highest BCUT2D eigenvalue weighted by Gasteiger charge is 2.19. The molecule has 1 rings (SSSR count). The summed E-state index contributed by atoms with van der Waals surface area (Å²) in [6.45, 7) is 4.91. The molecule has 1 aromatic rings. The highest BCUT2D eigenvalue weighted by Crippen LogP contribution is 2.20. The molecule has 0 aliphatic carbocycles. The van der Waals surface area contributed by atoms with E-state index in [2.05, 4.69) is 31.3 Å². The van der Waals surface area contributed by atoms with Crippen molar-refractivity contribution < 1.29 is 4.79 Å². The summed E-state index contributed by atoms with van der Waals surface area (Å²) in [5.41, 5.74) is 1.33. The molecule has 88 valence electrons. The van der Waals surface area contributed by atoms with Gasteiger partial charge in [-0.05, 0) is 17.4 Å². The van der Waals surface area contributed by atoms with Gasteiger partial charge in [0.2, 0.25) is 5.91 Å². The van der Waals surface area contributed by atoms with E-state index in [1.807, 2.05) is 18.2 Å². The Morgan fingerprint density at radius 1 is 1.31 bits per heavy atom. The molecular weight excluding hydrogens is 222 g/mol. The summed E-state index contributed by atoms with van der Waals surface area (Å²) < 4.78 is 0. The third-order valence-corrected chi connectivity index (χ3v) is 2.65. The van der Waals surface area contributed by atoms with Crippen molar-refractivity contribution in [3.05, 3.63) is 35.9 Å². The number of nitrogens with one attached hydrogen (secondary N) is 1. The third kappa shape index (κ3) is 4.67. The predicted octanol–water partition coefficient (Wildman–Crippen LogP) is 2.61. The number of rotatable bonds is 5. The lowest BCUT2D eigenvalue weighted by molar-refractivity contribution is -0.119. The second-order valence-corrected chi connectivity index (χ2v) is 5.00. The van der Waals surface area contributed by atoms with E-state index in [1.165, 1.54) is 5.56 Å². The predicted molar refractivity (Wildman–Crippen MR) is 67.7 cm³/mol. The molecular formula is C13H18ClNO. The Labute approximate surface area is 102 Å². The van der Waals surface area contributed by atoms with Crippen LogP contribution in [0.4, 0.5) is 0 Å². The molecule has 0 saturated heterocycles. The number of carbonyl (C=O) groups is 1. The maximum atomic E-state index is 11.1. The van der Waals surface area contributed by atoms with E-state index in [0.717, 1.165) is 6.42 Å². The number of halogens is 1. The van der Waals surface area contributed by atoms with Crippen LogP contribution >= 0.6 is 11.6 Å². The summed E-state index contributed by atoms with van der Waals surface area (Å²) >= 11 is 5.43. The van der Waals surface area contributed by atoms with Crippen molar-refractivity contribution in [2.24, 2.45) is 5.41 Å². The number of carbonyl (C=O) groups excluding carboxylic acids is 1. The Kier molecular flexibility index (Phi) is 4.81. The number of hydrogen-bond acceptors (Lipinski definition) is 1. The van der Waals surface area contributed by atoms with E-state index in [9.17, 15) is 4.79 Å². The van der Waals surface area contributed by atoms with Crippen LogP contribution < -0.4 is 5.32 Å². The van der Waals surface area contributed by atoms with Gasteiger partial charge in [-0.15, -0.1) is 11.6 Å². The second kappa shape index (κ2) is 5.90. The fourth-order valence-corrected chi connectivity index (χ4v) is 1.69. The van der Waals surface area contributed by atoms with Crippen molar-refractivity contribution in [1.29, 1.82) is 0 Å². The zero-order valence-electron chi connectivity index (χ0n) is 9.79. The molecule has 0 radical (unpaired) electrons. The van der Waals surface area contributed by atoms with Gasteiger partial charge in [0.1, 0.15) is 5.88 Å². The van der Waals surface area contributed by atoms with E-state index in [4.69, 9.17) is 11.6 Å². The molecule has 1 N–H and O–H groups in total. The van der Waals surface area contributed by atoms with Crippen LogP contribution in [0.5, 0.6) is 0 Å². The van der Waals surface area contributed by atoms with Gasteiger partial charge in [-0.3, -0.25) is 4.79 Å². The summed E-state index contributed by atoms with van der Waals surface area (Å²) in [6.07, 6.45) is 0.941. The van der Waals surface area contributed by atoms with Crippen LogP contribution in [0.25, 0.3) is 0 Å². The van der Waals surface area contributed by atoms with Gasteiger partial charge in [-0.2, -0.15) is 0 Å². The zero-order valence-corrected chi connectivity index (χ0v) is 10.6. The molecule has 2 nitrogen and oxygen atoms in total. The Bertz CT molecular complexity index is 335. The van der Waals surface area contributed by atoms with Crippen molar-refractivity contribution in [2.45, 2.75) is 20.3 Å². The third-order valence-electron chi connectivity index (χ3n) is 2.41. The Balaban J connectivity index is 2.48. The summed E-state index contributed by atoms with van der Waals surface area (Å²) in [5, 5.41) is 2.82. The zero-order chi connectivity index (χ0) is 12.0. The first-order valence-electron chi connectivity index (χ1n) is 5.40. The van der Waals surface area contributed by atoms with Crippen LogP contribution in [0, 0.1) is 5.41 Å². The lowest BCUT2D eigenvalue weighted by atomic mass is 9.86. The Hall–Kier alpha value is -1.02. The van der Waals surface area contributed by atoms with Gasteiger partial charge in [0.25, 0.3) is 0 Å². The molecule has 3 heteroatoms. The topological polar surface area (TPSA) is 29.1 Å². The summed E-state index contributed by atoms with van der Waals surface area (Å²) in [7, 11) is 0. The highest BCUT2D eigenvalue weighted by atomic mass is 35.5. The fraction of sp³-hybridized carbons (Fsp3) is 0.462. The van der Waals surface area contributed by atoms with Crippen molar-refractivity contribution in [3.63, 3.8) is 0 Å². The van der Waals surface area contributed by atoms with E-state index >= 15 is 0 Å². The summed E-state index contributed by atoms with van der Waals surface area (Å²) in [6, 6.07) is 10.3. The lowest BCUT2D eigenvalue weighted by Gasteiger charge is -2.25. The smallest absolute Gasteiger partial charge is 0.234 e. The number of hydrogen-bond donors (Lipinski definition) is 1. The fourth-order valence-electron chi connectivity index (χ4n) is 1.60. The Morgan fingerprint density at radius 2 is 1.94 bits per heavy atom. The molecule has 0 heterocycles. The normalized spacial score (nSPS) is 11.2. The first-order chi connectivity index (χ1) is 7.53. The number of amides is 1. The van der Waals surface area contributed by atoms with E-state index in [-0.39, 0.29) is 17.2 Å². The van der Waals surface area contributed by atoms with Gasteiger partial charge in [-0.25, -0.2) is 0 Å². The minimum atomic E-state index is -0.109. The molecule has 0 spiro atoms. The van der Waals surface area contributed by atoms with Crippen LogP contribution in [0.2, 0.25) is 0 Å². The molecule has 1 amide bonds. The monoisotopic (exact) mass is 239 g/mol. The van der Waals surface area contributed by atoms with E-state index < -0.39 is 0 Å². The molecule has 0 fully saturated rings. The average molecular weight is 240 g/mol. The molecule has 0 bridgehead atoms. The molecule has 0 atom stereocenters. The molecule has 0 saturated carbocycles. The number of alkyl halides is 1. The van der Waals surface area contributed by atoms with E-state index in [0.29, 0.717) is 6.54 Å². The molecule has 0 aliphatic rings. The van der Waals surface area contributed by atoms with Crippen LogP contribution in [0.15, 0.2) is 30.3 Å². The molecule has 16 heavy (non-hydrogen) atoms. The van der Waals surface area contributed by atoms with Crippen molar-refractivity contribution >= 4 is 17.5 Å². The van der Waals surface area contributed by atoms with Crippen LogP contribution in [0.1, 0.15) is 19.4 Å². The Morgan fingerprint density at radius 3 is 2.50 bits per heavy atom. The second-order valence-electron chi connectivity index (χ2n) is 4.74. The van der Waals surface area contributed by atoms with Gasteiger partial charge < -0.3 is 5.32 Å². The van der Waals surface area contributed by atoms with Crippen LogP contribution in [-0.2, 0) is 11.2 Å². The van der Waals surface area contributed by atoms with Gasteiger partial charge >= 0.3 is 0 Å². The maximum absolute atomic E-state index is 11.1. The molecule has 0 unspecified atom stereocenters. The highest BCUT2D eigenvalue weighted by molar-refractivity contribution is 6.27. The largest absolute Gasteiger partial charge is 0.355 e. The quantitative estimate of drug-likeness (QED) is 0.787. The van der Waals surface area contributed by atoms with Gasteiger partial charge in [0.05, 0.1) is 0 Å². The maximum Gasteiger partial charge on any atom is 0.234 e. The molecule has 0 aliphatic heterocycles. The van der Waals surface area contributed by atoms with Crippen LogP contribution in [-0.4, -0.2) is 18.3 Å². The SMILES string of the molecule is CC(C)(CNC(=O)CCl)Cc1ccccc1. The minimum Gasteiger partial charge on any atom is -0.355 e. The number of benzene rings is 1. The summed E-state index contributed by atoms with van der Waals surface area (Å²) in [5.74, 6) is -0.0793. The lowest BCUT2D eigenvalue weighted by Crippen LogP contribution is -2.35. The van der Waals surface area contributed by atoms with Gasteiger partial charge in [-0.1, -0.05) is 44.2 Å². The van der Waals surface area contributed by atoms with Gasteiger partial charge in [0.15, 0.2) is 0 Å². The minimum absolute atomic E-state index is 0.0292. The molecule has 1 aromatic carbocycles. The molecule has 0 aromatic heterocycles.